The molecule has 1 heterocycles. The van der Waals surface area contributed by atoms with E-state index < -0.39 is 11.6 Å². The summed E-state index contributed by atoms with van der Waals surface area (Å²) in [5.74, 6) is -1.65. The molecular formula is C22H18F2N6O. The van der Waals surface area contributed by atoms with Crippen molar-refractivity contribution in [1.29, 1.82) is 0 Å². The quantitative estimate of drug-likeness (QED) is 0.413. The van der Waals surface area contributed by atoms with E-state index in [2.05, 4.69) is 20.7 Å². The maximum atomic E-state index is 14.4. The lowest BCUT2D eigenvalue weighted by atomic mass is 10.0. The molecule has 0 spiro atoms. The Morgan fingerprint density at radius 1 is 1.03 bits per heavy atom. The number of nitrogens with zero attached hydrogens (tertiary/aromatic N) is 3. The van der Waals surface area contributed by atoms with E-state index in [1.165, 1.54) is 25.4 Å². The molecule has 7 nitrogen and oxygen atoms in total. The minimum absolute atomic E-state index is 0.200. The van der Waals surface area contributed by atoms with Crippen LogP contribution in [0.25, 0.3) is 16.8 Å². The van der Waals surface area contributed by atoms with Crippen LogP contribution in [0.2, 0.25) is 0 Å². The minimum Gasteiger partial charge on any atom is -0.397 e. The number of benzene rings is 3. The first-order valence-electron chi connectivity index (χ1n) is 9.29. The molecule has 4 N–H and O–H groups in total. The first-order valence-corrected chi connectivity index (χ1v) is 9.29. The normalized spacial score (nSPS) is 10.7. The number of nitrogens with two attached hydrogens (primary N) is 1. The van der Waals surface area contributed by atoms with E-state index in [0.717, 1.165) is 11.8 Å². The number of carbonyl (C=O) groups is 1. The Balaban J connectivity index is 1.71. The van der Waals surface area contributed by atoms with Crippen LogP contribution >= 0.6 is 0 Å². The summed E-state index contributed by atoms with van der Waals surface area (Å²) in [4.78, 5) is 15.5. The van der Waals surface area contributed by atoms with Gasteiger partial charge in [-0.15, -0.1) is 0 Å². The summed E-state index contributed by atoms with van der Waals surface area (Å²) in [5, 5.41) is 9.94. The molecule has 0 bridgehead atoms. The van der Waals surface area contributed by atoms with Crippen molar-refractivity contribution >= 4 is 28.7 Å². The van der Waals surface area contributed by atoms with Crippen molar-refractivity contribution in [3.8, 4) is 16.8 Å². The second-order valence-electron chi connectivity index (χ2n) is 6.84. The summed E-state index contributed by atoms with van der Waals surface area (Å²) in [5.41, 5.74) is 9.66. The lowest BCUT2D eigenvalue weighted by molar-refractivity contribution is -0.114. The van der Waals surface area contributed by atoms with Gasteiger partial charge in [0.25, 0.3) is 0 Å². The highest BCUT2D eigenvalue weighted by Gasteiger charge is 2.11. The molecular weight excluding hydrogens is 402 g/mol. The SMILES string of the molecule is CC(=O)Nc1cc(Nc2ccc(-n3cncn3)cc2N)cc(-c2ccc(F)cc2F)c1. The van der Waals surface area contributed by atoms with Gasteiger partial charge in [0.2, 0.25) is 5.91 Å². The monoisotopic (exact) mass is 420 g/mol. The first kappa shape index (κ1) is 20.0. The second-order valence-corrected chi connectivity index (χ2v) is 6.84. The highest BCUT2D eigenvalue weighted by atomic mass is 19.1. The van der Waals surface area contributed by atoms with Gasteiger partial charge in [-0.2, -0.15) is 5.10 Å². The topological polar surface area (TPSA) is 97.9 Å². The Bertz CT molecular complexity index is 1260. The van der Waals surface area contributed by atoms with Gasteiger partial charge in [0.15, 0.2) is 0 Å². The zero-order valence-corrected chi connectivity index (χ0v) is 16.4. The zero-order chi connectivity index (χ0) is 22.0. The number of nitrogen functional groups attached to an aromatic ring is 1. The molecule has 0 saturated heterocycles. The van der Waals surface area contributed by atoms with E-state index >= 15 is 0 Å². The van der Waals surface area contributed by atoms with Crippen molar-refractivity contribution in [2.75, 3.05) is 16.4 Å². The molecule has 3 aromatic carbocycles. The van der Waals surface area contributed by atoms with Crippen LogP contribution in [0.4, 0.5) is 31.5 Å². The molecule has 4 rings (SSSR count). The number of rotatable bonds is 5. The summed E-state index contributed by atoms with van der Waals surface area (Å²) in [6.07, 6.45) is 2.98. The second kappa shape index (κ2) is 8.23. The highest BCUT2D eigenvalue weighted by Crippen LogP contribution is 2.32. The zero-order valence-electron chi connectivity index (χ0n) is 16.4. The lowest BCUT2D eigenvalue weighted by Gasteiger charge is -2.15. The van der Waals surface area contributed by atoms with Crippen LogP contribution in [0.3, 0.4) is 0 Å². The molecule has 0 aliphatic carbocycles. The summed E-state index contributed by atoms with van der Waals surface area (Å²) >= 11 is 0. The van der Waals surface area contributed by atoms with Gasteiger partial charge in [-0.25, -0.2) is 18.4 Å². The van der Waals surface area contributed by atoms with Crippen molar-refractivity contribution in [3.63, 3.8) is 0 Å². The van der Waals surface area contributed by atoms with Crippen molar-refractivity contribution in [1.82, 2.24) is 14.8 Å². The number of hydrogen-bond donors (Lipinski definition) is 3. The fourth-order valence-electron chi connectivity index (χ4n) is 3.16. The number of amides is 1. The molecule has 1 amide bonds. The number of hydrogen-bond acceptors (Lipinski definition) is 5. The Labute approximate surface area is 176 Å². The van der Waals surface area contributed by atoms with Crippen LogP contribution in [-0.2, 0) is 4.79 Å². The minimum atomic E-state index is -0.706. The summed E-state index contributed by atoms with van der Waals surface area (Å²) < 4.78 is 29.3. The molecule has 0 saturated carbocycles. The molecule has 0 aliphatic heterocycles. The molecule has 4 aromatic rings. The van der Waals surface area contributed by atoms with Gasteiger partial charge < -0.3 is 16.4 Å². The van der Waals surface area contributed by atoms with Crippen molar-refractivity contribution in [3.05, 3.63) is 78.9 Å². The van der Waals surface area contributed by atoms with Crippen molar-refractivity contribution < 1.29 is 13.6 Å². The van der Waals surface area contributed by atoms with Crippen LogP contribution in [-0.4, -0.2) is 20.7 Å². The van der Waals surface area contributed by atoms with Gasteiger partial charge in [-0.3, -0.25) is 4.79 Å². The Morgan fingerprint density at radius 2 is 1.84 bits per heavy atom. The third-order valence-corrected chi connectivity index (χ3v) is 4.49. The largest absolute Gasteiger partial charge is 0.397 e. The molecule has 0 atom stereocenters. The molecule has 0 radical (unpaired) electrons. The molecule has 0 unspecified atom stereocenters. The van der Waals surface area contributed by atoms with E-state index in [9.17, 15) is 13.6 Å². The van der Waals surface area contributed by atoms with Crippen LogP contribution in [0, 0.1) is 11.6 Å². The van der Waals surface area contributed by atoms with Gasteiger partial charge in [0.05, 0.1) is 17.1 Å². The van der Waals surface area contributed by atoms with Crippen LogP contribution < -0.4 is 16.4 Å². The molecule has 156 valence electrons. The number of carbonyl (C=O) groups excluding carboxylic acids is 1. The van der Waals surface area contributed by atoms with Crippen LogP contribution in [0.1, 0.15) is 6.92 Å². The number of anilines is 4. The average Bonchev–Trinajstić information content (AvgIpc) is 3.23. The standard InChI is InChI=1S/C22H18F2N6O/c1-13(31)28-16-6-14(19-4-2-15(23)8-20(19)24)7-17(9-16)29-22-5-3-18(10-21(22)25)30-12-26-11-27-30/h2-12,29H,25H2,1H3,(H,28,31). The molecule has 1 aromatic heterocycles. The third kappa shape index (κ3) is 4.50. The maximum Gasteiger partial charge on any atom is 0.221 e. The fourth-order valence-corrected chi connectivity index (χ4v) is 3.16. The predicted octanol–water partition coefficient (Wildman–Crippen LogP) is 4.50. The smallest absolute Gasteiger partial charge is 0.221 e. The van der Waals surface area contributed by atoms with Gasteiger partial charge in [0, 0.05) is 29.9 Å². The summed E-state index contributed by atoms with van der Waals surface area (Å²) in [6, 6.07) is 13.6. The van der Waals surface area contributed by atoms with E-state index in [1.54, 1.807) is 41.3 Å². The predicted molar refractivity (Wildman–Crippen MR) is 115 cm³/mol. The van der Waals surface area contributed by atoms with Gasteiger partial charge in [-0.1, -0.05) is 0 Å². The van der Waals surface area contributed by atoms with Crippen molar-refractivity contribution in [2.24, 2.45) is 0 Å². The van der Waals surface area contributed by atoms with Crippen LogP contribution in [0.15, 0.2) is 67.3 Å². The van der Waals surface area contributed by atoms with Gasteiger partial charge in [-0.05, 0) is 54.1 Å². The maximum absolute atomic E-state index is 14.4. The molecule has 0 fully saturated rings. The van der Waals surface area contributed by atoms with E-state index in [-0.39, 0.29) is 11.5 Å². The average molecular weight is 420 g/mol. The Kier molecular flexibility index (Phi) is 5.31. The Hall–Kier alpha value is -4.27. The number of halogens is 2. The fraction of sp³-hybridized carbons (Fsp3) is 0.0455. The Morgan fingerprint density at radius 3 is 2.52 bits per heavy atom. The van der Waals surface area contributed by atoms with E-state index in [1.807, 2.05) is 6.07 Å². The summed E-state index contributed by atoms with van der Waals surface area (Å²) in [6.45, 7) is 1.37. The lowest BCUT2D eigenvalue weighted by Crippen LogP contribution is -2.06. The highest BCUT2D eigenvalue weighted by molar-refractivity contribution is 5.91. The molecule has 0 aliphatic rings. The van der Waals surface area contributed by atoms with E-state index in [0.29, 0.717) is 28.3 Å². The van der Waals surface area contributed by atoms with Crippen LogP contribution in [0.5, 0.6) is 0 Å². The molecule has 9 heteroatoms. The number of aromatic nitrogens is 3. The van der Waals surface area contributed by atoms with Gasteiger partial charge in [0.1, 0.15) is 24.3 Å². The first-order chi connectivity index (χ1) is 14.9. The van der Waals surface area contributed by atoms with Gasteiger partial charge >= 0.3 is 0 Å². The number of nitrogens with one attached hydrogen (secondary N) is 2. The summed E-state index contributed by atoms with van der Waals surface area (Å²) in [7, 11) is 0. The van der Waals surface area contributed by atoms with E-state index in [4.69, 9.17) is 5.73 Å². The third-order valence-electron chi connectivity index (χ3n) is 4.49. The van der Waals surface area contributed by atoms with Crippen molar-refractivity contribution in [2.45, 2.75) is 6.92 Å². The molecule has 31 heavy (non-hydrogen) atoms.